The highest BCUT2D eigenvalue weighted by molar-refractivity contribution is 14.1. The van der Waals surface area contributed by atoms with Gasteiger partial charge in [-0.2, -0.15) is 0 Å². The van der Waals surface area contributed by atoms with Gasteiger partial charge in [0.15, 0.2) is 0 Å². The smallest absolute Gasteiger partial charge is 0.211 e. The van der Waals surface area contributed by atoms with Gasteiger partial charge in [-0.25, -0.2) is 9.79 Å². The van der Waals surface area contributed by atoms with E-state index in [-0.39, 0.29) is 0 Å². The minimum absolute atomic E-state index is 0.657. The van der Waals surface area contributed by atoms with Gasteiger partial charge in [0.25, 0.3) is 0 Å². The topological polar surface area (TPSA) is 29.4 Å². The fourth-order valence-corrected chi connectivity index (χ4v) is 1.22. The van der Waals surface area contributed by atoms with Crippen LogP contribution in [0.3, 0.4) is 0 Å². The summed E-state index contributed by atoms with van der Waals surface area (Å²) in [5.74, 6) is 0. The monoisotopic (exact) mass is 253 g/mol. The van der Waals surface area contributed by atoms with Gasteiger partial charge in [-0.15, -0.1) is 0 Å². The second kappa shape index (κ2) is 9.11. The Labute approximate surface area is 75.2 Å². The van der Waals surface area contributed by atoms with E-state index >= 15 is 0 Å². The summed E-state index contributed by atoms with van der Waals surface area (Å²) in [6.07, 6.45) is 6.30. The van der Waals surface area contributed by atoms with Crippen LogP contribution < -0.4 is 0 Å². The van der Waals surface area contributed by atoms with Crippen LogP contribution in [0.4, 0.5) is 0 Å². The van der Waals surface area contributed by atoms with Crippen LogP contribution in [0, 0.1) is 0 Å². The largest absolute Gasteiger partial charge is 0.234 e. The van der Waals surface area contributed by atoms with Crippen LogP contribution in [0.15, 0.2) is 4.99 Å². The molecule has 0 fully saturated rings. The minimum atomic E-state index is 0.657. The van der Waals surface area contributed by atoms with Crippen LogP contribution in [0.2, 0.25) is 0 Å². The summed E-state index contributed by atoms with van der Waals surface area (Å²) in [5.41, 5.74) is 0. The molecule has 0 aliphatic heterocycles. The lowest BCUT2D eigenvalue weighted by Crippen LogP contribution is -1.82. The summed E-state index contributed by atoms with van der Waals surface area (Å²) < 4.78 is 1.23. The first-order valence-corrected chi connectivity index (χ1v) is 5.04. The molecule has 0 saturated heterocycles. The number of isocyanates is 1. The third-order valence-corrected chi connectivity index (χ3v) is 1.98. The molecule has 2 nitrogen and oxygen atoms in total. The summed E-state index contributed by atoms with van der Waals surface area (Å²) in [6.45, 7) is 0.657. The SMILES string of the molecule is O=C=NCCCCCCI. The molecule has 0 spiro atoms. The van der Waals surface area contributed by atoms with E-state index in [1.807, 2.05) is 0 Å². The van der Waals surface area contributed by atoms with Gasteiger partial charge < -0.3 is 0 Å². The Balaban J connectivity index is 2.83. The van der Waals surface area contributed by atoms with Gasteiger partial charge in [0.1, 0.15) is 0 Å². The van der Waals surface area contributed by atoms with Gasteiger partial charge in [0.2, 0.25) is 6.08 Å². The van der Waals surface area contributed by atoms with Crippen molar-refractivity contribution in [1.82, 2.24) is 0 Å². The Morgan fingerprint density at radius 3 is 2.50 bits per heavy atom. The fraction of sp³-hybridized carbons (Fsp3) is 0.857. The molecule has 3 heteroatoms. The minimum Gasteiger partial charge on any atom is -0.211 e. The van der Waals surface area contributed by atoms with E-state index in [1.54, 1.807) is 0 Å². The number of hydrogen-bond donors (Lipinski definition) is 0. The molecule has 0 atom stereocenters. The Morgan fingerprint density at radius 1 is 1.20 bits per heavy atom. The number of unbranched alkanes of at least 4 members (excludes halogenated alkanes) is 3. The summed E-state index contributed by atoms with van der Waals surface area (Å²) in [6, 6.07) is 0. The molecule has 58 valence electrons. The quantitative estimate of drug-likeness (QED) is 0.235. The summed E-state index contributed by atoms with van der Waals surface area (Å²) in [7, 11) is 0. The molecule has 0 rings (SSSR count). The van der Waals surface area contributed by atoms with Crippen LogP contribution in [0.25, 0.3) is 0 Å². The molecular formula is C7H12INO. The third-order valence-electron chi connectivity index (χ3n) is 1.22. The van der Waals surface area contributed by atoms with Crippen molar-refractivity contribution < 1.29 is 4.79 Å². The number of carbonyl (C=O) groups excluding carboxylic acids is 1. The Kier molecular flexibility index (Phi) is 9.21. The Hall–Kier alpha value is 0.110. The lowest BCUT2D eigenvalue weighted by Gasteiger charge is -1.93. The Bertz CT molecular complexity index is 110. The van der Waals surface area contributed by atoms with E-state index < -0.39 is 0 Å². The molecule has 0 unspecified atom stereocenters. The van der Waals surface area contributed by atoms with Crippen molar-refractivity contribution in [3.05, 3.63) is 0 Å². The van der Waals surface area contributed by atoms with E-state index in [9.17, 15) is 4.79 Å². The van der Waals surface area contributed by atoms with Gasteiger partial charge in [-0.3, -0.25) is 0 Å². The maximum Gasteiger partial charge on any atom is 0.234 e. The van der Waals surface area contributed by atoms with Gasteiger partial charge in [0, 0.05) is 0 Å². The predicted octanol–water partition coefficient (Wildman–Crippen LogP) is 2.32. The molecule has 0 aromatic carbocycles. The van der Waals surface area contributed by atoms with E-state index in [0.29, 0.717) is 6.54 Å². The van der Waals surface area contributed by atoms with Gasteiger partial charge in [0.05, 0.1) is 6.54 Å². The van der Waals surface area contributed by atoms with Crippen molar-refractivity contribution in [2.24, 2.45) is 4.99 Å². The average Bonchev–Trinajstić information content (AvgIpc) is 1.97. The number of nitrogens with zero attached hydrogens (tertiary/aromatic N) is 1. The van der Waals surface area contributed by atoms with Crippen molar-refractivity contribution >= 4 is 28.7 Å². The Morgan fingerprint density at radius 2 is 1.90 bits per heavy atom. The maximum atomic E-state index is 9.60. The molecule has 0 aromatic heterocycles. The second-order valence-corrected chi connectivity index (χ2v) is 3.15. The zero-order valence-electron chi connectivity index (χ0n) is 5.98. The van der Waals surface area contributed by atoms with Crippen LogP contribution in [-0.4, -0.2) is 17.1 Å². The van der Waals surface area contributed by atoms with Crippen LogP contribution in [0.1, 0.15) is 25.7 Å². The van der Waals surface area contributed by atoms with E-state index in [2.05, 4.69) is 27.6 Å². The van der Waals surface area contributed by atoms with E-state index in [0.717, 1.165) is 6.42 Å². The molecule has 0 bridgehead atoms. The van der Waals surface area contributed by atoms with Crippen molar-refractivity contribution in [3.63, 3.8) is 0 Å². The second-order valence-electron chi connectivity index (χ2n) is 2.08. The van der Waals surface area contributed by atoms with Crippen molar-refractivity contribution in [3.8, 4) is 0 Å². The molecule has 0 radical (unpaired) electrons. The summed E-state index contributed by atoms with van der Waals surface area (Å²) >= 11 is 2.37. The number of halogens is 1. The average molecular weight is 253 g/mol. The molecule has 0 heterocycles. The zero-order chi connectivity index (χ0) is 7.66. The molecule has 0 aliphatic carbocycles. The van der Waals surface area contributed by atoms with Gasteiger partial charge >= 0.3 is 0 Å². The number of rotatable bonds is 6. The van der Waals surface area contributed by atoms with Crippen molar-refractivity contribution in [2.45, 2.75) is 25.7 Å². The normalized spacial score (nSPS) is 8.90. The number of aliphatic imine (C=N–C) groups is 1. The first-order chi connectivity index (χ1) is 4.91. The standard InChI is InChI=1S/C7H12INO/c8-5-3-1-2-4-6-9-7-10/h1-6H2. The first-order valence-electron chi connectivity index (χ1n) is 3.51. The lowest BCUT2D eigenvalue weighted by atomic mass is 10.2. The molecule has 0 N–H and O–H groups in total. The highest BCUT2D eigenvalue weighted by atomic mass is 127. The van der Waals surface area contributed by atoms with Crippen molar-refractivity contribution in [1.29, 1.82) is 0 Å². The van der Waals surface area contributed by atoms with Gasteiger partial charge in [-0.05, 0) is 17.3 Å². The lowest BCUT2D eigenvalue weighted by molar-refractivity contribution is 0.561. The van der Waals surface area contributed by atoms with E-state index in [1.165, 1.54) is 29.8 Å². The van der Waals surface area contributed by atoms with Gasteiger partial charge in [-0.1, -0.05) is 35.4 Å². The first kappa shape index (κ1) is 10.1. The molecule has 0 amide bonds. The molecule has 10 heavy (non-hydrogen) atoms. The fourth-order valence-electron chi connectivity index (χ4n) is 0.685. The predicted molar refractivity (Wildman–Crippen MR) is 50.3 cm³/mol. The van der Waals surface area contributed by atoms with Crippen LogP contribution in [-0.2, 0) is 4.79 Å². The van der Waals surface area contributed by atoms with Crippen molar-refractivity contribution in [2.75, 3.05) is 11.0 Å². The highest BCUT2D eigenvalue weighted by Crippen LogP contribution is 2.01. The summed E-state index contributed by atoms with van der Waals surface area (Å²) in [5, 5.41) is 0. The molecule has 0 aromatic rings. The highest BCUT2D eigenvalue weighted by Gasteiger charge is 1.86. The van der Waals surface area contributed by atoms with Crippen LogP contribution in [0.5, 0.6) is 0 Å². The maximum absolute atomic E-state index is 9.60. The van der Waals surface area contributed by atoms with E-state index in [4.69, 9.17) is 0 Å². The molecular weight excluding hydrogens is 241 g/mol. The zero-order valence-corrected chi connectivity index (χ0v) is 8.13. The number of hydrogen-bond acceptors (Lipinski definition) is 2. The van der Waals surface area contributed by atoms with Crippen LogP contribution >= 0.6 is 22.6 Å². The molecule has 0 aliphatic rings. The summed E-state index contributed by atoms with van der Waals surface area (Å²) in [4.78, 5) is 13.1. The third kappa shape index (κ3) is 8.11. The number of alkyl halides is 1. The molecule has 0 saturated carbocycles.